The lowest BCUT2D eigenvalue weighted by molar-refractivity contribution is -0.173. The van der Waals surface area contributed by atoms with Crippen LogP contribution in [0, 0.1) is 5.92 Å². The molecule has 0 spiro atoms. The summed E-state index contributed by atoms with van der Waals surface area (Å²) in [5.41, 5.74) is 0. The molecule has 2 fully saturated rings. The average Bonchev–Trinajstić information content (AvgIpc) is 2.62. The van der Waals surface area contributed by atoms with Crippen LogP contribution in [0.15, 0.2) is 0 Å². The minimum Gasteiger partial charge on any atom is -0.435 e. The van der Waals surface area contributed by atoms with E-state index in [9.17, 15) is 27.9 Å². The molecule has 24 heavy (non-hydrogen) atoms. The third-order valence-corrected chi connectivity index (χ3v) is 7.12. The van der Waals surface area contributed by atoms with Crippen molar-refractivity contribution in [2.45, 2.75) is 36.9 Å². The molecule has 2 heterocycles. The highest BCUT2D eigenvalue weighted by Gasteiger charge is 2.72. The van der Waals surface area contributed by atoms with Crippen LogP contribution < -0.4 is 0 Å². The first-order chi connectivity index (χ1) is 11.1. The highest BCUT2D eigenvalue weighted by molar-refractivity contribution is 7.93. The Balaban J connectivity index is 2.13. The van der Waals surface area contributed by atoms with Crippen LogP contribution in [-0.2, 0) is 33.6 Å². The first-order valence-electron chi connectivity index (χ1n) is 7.23. The molecule has 3 atom stereocenters. The predicted octanol–water partition coefficient (Wildman–Crippen LogP) is -0.987. The highest BCUT2D eigenvalue weighted by atomic mass is 32.2. The molecule has 0 bridgehead atoms. The van der Waals surface area contributed by atoms with Crippen LogP contribution >= 0.6 is 0 Å². The number of β-lactam (4-membered cyclic amide) rings is 1. The van der Waals surface area contributed by atoms with Crippen LogP contribution in [0.3, 0.4) is 0 Å². The number of nitrogens with zero attached hydrogens (tertiary/aromatic N) is 1. The number of esters is 1. The van der Waals surface area contributed by atoms with Crippen LogP contribution in [0.4, 0.5) is 4.79 Å². The fraction of sp³-hybridized carbons (Fsp3) is 0.769. The Morgan fingerprint density at radius 3 is 2.42 bits per heavy atom. The van der Waals surface area contributed by atoms with Gasteiger partial charge in [0.25, 0.3) is 0 Å². The molecule has 1 amide bonds. The number of fused-ring (bicyclic) bond motifs is 1. The van der Waals surface area contributed by atoms with E-state index in [1.54, 1.807) is 6.92 Å². The number of hydrogen-bond acceptors (Lipinski definition) is 9. The topological polar surface area (TPSA) is 137 Å². The van der Waals surface area contributed by atoms with Crippen molar-refractivity contribution in [3.05, 3.63) is 0 Å². The van der Waals surface area contributed by atoms with Crippen LogP contribution in [0.25, 0.3) is 0 Å². The molecule has 0 saturated carbocycles. The number of amides is 1. The lowest BCUT2D eigenvalue weighted by Gasteiger charge is -2.42. The lowest BCUT2D eigenvalue weighted by Crippen LogP contribution is -2.64. The van der Waals surface area contributed by atoms with Gasteiger partial charge >= 0.3 is 12.1 Å². The third-order valence-electron chi connectivity index (χ3n) is 4.24. The van der Waals surface area contributed by atoms with Gasteiger partial charge in [-0.15, -0.1) is 0 Å². The van der Waals surface area contributed by atoms with Gasteiger partial charge in [-0.2, -0.15) is 0 Å². The van der Waals surface area contributed by atoms with Crippen molar-refractivity contribution in [2.24, 2.45) is 5.92 Å². The van der Waals surface area contributed by atoms with Gasteiger partial charge in [0.2, 0.25) is 12.7 Å². The van der Waals surface area contributed by atoms with Gasteiger partial charge in [-0.05, 0) is 20.8 Å². The number of hydrogen-bond donors (Lipinski definition) is 1. The van der Waals surface area contributed by atoms with Gasteiger partial charge in [0.15, 0.2) is 9.84 Å². The zero-order valence-electron chi connectivity index (χ0n) is 13.4. The highest BCUT2D eigenvalue weighted by Crippen LogP contribution is 2.48. The molecular formula is C13H19NO9S. The van der Waals surface area contributed by atoms with Gasteiger partial charge in [0.05, 0.1) is 23.9 Å². The van der Waals surface area contributed by atoms with Crippen molar-refractivity contribution in [2.75, 3.05) is 20.0 Å². The predicted molar refractivity (Wildman–Crippen MR) is 77.1 cm³/mol. The fourth-order valence-electron chi connectivity index (χ4n) is 2.93. The van der Waals surface area contributed by atoms with E-state index in [1.807, 2.05) is 0 Å². The van der Waals surface area contributed by atoms with Crippen molar-refractivity contribution in [1.82, 2.24) is 4.90 Å². The molecule has 2 saturated heterocycles. The quantitative estimate of drug-likeness (QED) is 0.370. The van der Waals surface area contributed by atoms with Crippen molar-refractivity contribution >= 4 is 27.9 Å². The van der Waals surface area contributed by atoms with E-state index < -0.39 is 63.3 Å². The van der Waals surface area contributed by atoms with E-state index in [0.717, 1.165) is 4.90 Å². The van der Waals surface area contributed by atoms with Gasteiger partial charge in [0, 0.05) is 0 Å². The molecule has 0 unspecified atom stereocenters. The zero-order valence-corrected chi connectivity index (χ0v) is 14.2. The maximum Gasteiger partial charge on any atom is 0.511 e. The molecule has 0 aromatic heterocycles. The average molecular weight is 365 g/mol. The first kappa shape index (κ1) is 18.5. The Bertz CT molecular complexity index is 656. The molecule has 136 valence electrons. The van der Waals surface area contributed by atoms with E-state index >= 15 is 0 Å². The van der Waals surface area contributed by atoms with E-state index in [4.69, 9.17) is 4.74 Å². The summed E-state index contributed by atoms with van der Waals surface area (Å²) < 4.78 is 37.2. The SMILES string of the molecule is CCOC(=O)OCOC(=O)[C@@H]1N2C(=O)[C@@H](CO)[C@H]2S(=O)(=O)C1(C)C. The maximum atomic E-state index is 12.6. The third kappa shape index (κ3) is 2.51. The van der Waals surface area contributed by atoms with E-state index in [1.165, 1.54) is 13.8 Å². The molecular weight excluding hydrogens is 346 g/mol. The van der Waals surface area contributed by atoms with Crippen molar-refractivity contribution < 1.29 is 42.1 Å². The number of carbonyl (C=O) groups excluding carboxylic acids is 3. The van der Waals surface area contributed by atoms with Gasteiger partial charge in [0.1, 0.15) is 11.4 Å². The van der Waals surface area contributed by atoms with Crippen molar-refractivity contribution in [1.29, 1.82) is 0 Å². The van der Waals surface area contributed by atoms with E-state index in [2.05, 4.69) is 9.47 Å². The first-order valence-corrected chi connectivity index (χ1v) is 8.78. The Kier molecular flexibility index (Phi) is 4.77. The second kappa shape index (κ2) is 6.20. The monoisotopic (exact) mass is 365 g/mol. The van der Waals surface area contributed by atoms with Gasteiger partial charge < -0.3 is 24.2 Å². The second-order valence-electron chi connectivity index (χ2n) is 5.88. The molecule has 2 rings (SSSR count). The molecule has 10 nitrogen and oxygen atoms in total. The fourth-order valence-corrected chi connectivity index (χ4v) is 5.24. The smallest absolute Gasteiger partial charge is 0.435 e. The molecule has 11 heteroatoms. The Labute approximate surface area is 138 Å². The van der Waals surface area contributed by atoms with Crippen molar-refractivity contribution in [3.63, 3.8) is 0 Å². The summed E-state index contributed by atoms with van der Waals surface area (Å²) >= 11 is 0. The summed E-state index contributed by atoms with van der Waals surface area (Å²) in [6.07, 6.45) is -1.04. The van der Waals surface area contributed by atoms with Crippen LogP contribution in [0.1, 0.15) is 20.8 Å². The molecule has 0 aromatic carbocycles. The minimum absolute atomic E-state index is 0.0766. The number of sulfone groups is 1. The molecule has 2 aliphatic heterocycles. The molecule has 2 aliphatic rings. The van der Waals surface area contributed by atoms with Crippen LogP contribution in [0.2, 0.25) is 0 Å². The normalized spacial score (nSPS) is 29.4. The minimum atomic E-state index is -3.89. The summed E-state index contributed by atoms with van der Waals surface area (Å²) in [7, 11) is -3.89. The largest absolute Gasteiger partial charge is 0.511 e. The number of ether oxygens (including phenoxy) is 3. The summed E-state index contributed by atoms with van der Waals surface area (Å²) in [5, 5.41) is 7.93. The summed E-state index contributed by atoms with van der Waals surface area (Å²) in [4.78, 5) is 36.2. The van der Waals surface area contributed by atoms with Gasteiger partial charge in [-0.1, -0.05) is 0 Å². The van der Waals surface area contributed by atoms with Crippen LogP contribution in [-0.4, -0.2) is 72.6 Å². The molecule has 0 aromatic rings. The van der Waals surface area contributed by atoms with Crippen LogP contribution in [0.5, 0.6) is 0 Å². The van der Waals surface area contributed by atoms with E-state index in [-0.39, 0.29) is 6.61 Å². The Morgan fingerprint density at radius 1 is 1.25 bits per heavy atom. The summed E-state index contributed by atoms with van der Waals surface area (Å²) in [5.74, 6) is -2.73. The number of aliphatic hydroxyl groups is 1. The zero-order chi connectivity index (χ0) is 18.3. The number of rotatable bonds is 5. The molecule has 0 radical (unpaired) electrons. The summed E-state index contributed by atoms with van der Waals surface area (Å²) in [6, 6.07) is -1.38. The van der Waals surface area contributed by atoms with E-state index in [0.29, 0.717) is 0 Å². The lowest BCUT2D eigenvalue weighted by atomic mass is 9.92. The number of aliphatic hydroxyl groups excluding tert-OH is 1. The maximum absolute atomic E-state index is 12.6. The Morgan fingerprint density at radius 2 is 1.88 bits per heavy atom. The molecule has 0 aliphatic carbocycles. The Hall–Kier alpha value is -1.88. The van der Waals surface area contributed by atoms with Gasteiger partial charge in [-0.3, -0.25) is 4.79 Å². The number of carbonyl (C=O) groups is 3. The standard InChI is InChI=1S/C13H19NO9S/c1-4-21-12(18)23-6-22-11(17)8-13(2,3)24(19,20)10-7(5-15)9(16)14(8)10/h7-8,10,15H,4-6H2,1-3H3/t7-,8+,10-/m1/s1. The van der Waals surface area contributed by atoms with Crippen molar-refractivity contribution in [3.8, 4) is 0 Å². The second-order valence-corrected chi connectivity index (χ2v) is 8.51. The van der Waals surface area contributed by atoms with Gasteiger partial charge in [-0.25, -0.2) is 18.0 Å². The molecule has 1 N–H and O–H groups in total. The summed E-state index contributed by atoms with van der Waals surface area (Å²) in [6.45, 7) is 2.87.